The van der Waals surface area contributed by atoms with Crippen LogP contribution < -0.4 is 9.47 Å². The summed E-state index contributed by atoms with van der Waals surface area (Å²) in [5.41, 5.74) is 0.709. The van der Waals surface area contributed by atoms with Gasteiger partial charge in [0, 0.05) is 17.6 Å². The maximum absolute atomic E-state index is 13.0. The maximum atomic E-state index is 13.0. The molecule has 162 valence electrons. The van der Waals surface area contributed by atoms with E-state index in [4.69, 9.17) is 9.47 Å². The fourth-order valence-electron chi connectivity index (χ4n) is 5.23. The summed E-state index contributed by atoms with van der Waals surface area (Å²) >= 11 is 0. The highest BCUT2D eigenvalue weighted by Crippen LogP contribution is 2.57. The average molecular weight is 414 g/mol. The van der Waals surface area contributed by atoms with E-state index in [9.17, 15) is 19.8 Å². The number of aliphatic carboxylic acids is 2. The smallest absolute Gasteiger partial charge is 0.332 e. The van der Waals surface area contributed by atoms with Crippen molar-refractivity contribution >= 4 is 11.9 Å². The second-order valence-corrected chi connectivity index (χ2v) is 8.32. The number of rotatable bonds is 6. The lowest BCUT2D eigenvalue weighted by Crippen LogP contribution is -2.47. The van der Waals surface area contributed by atoms with Gasteiger partial charge >= 0.3 is 11.9 Å². The molecule has 0 spiro atoms. The Balaban J connectivity index is 2.34. The van der Waals surface area contributed by atoms with E-state index in [1.165, 1.54) is 14.2 Å². The van der Waals surface area contributed by atoms with Crippen molar-refractivity contribution in [3.05, 3.63) is 46.6 Å². The van der Waals surface area contributed by atoms with Gasteiger partial charge in [0.15, 0.2) is 0 Å². The summed E-state index contributed by atoms with van der Waals surface area (Å²) in [6, 6.07) is 5.17. The molecule has 3 rings (SSSR count). The van der Waals surface area contributed by atoms with Crippen molar-refractivity contribution in [1.82, 2.24) is 0 Å². The maximum Gasteiger partial charge on any atom is 0.332 e. The van der Waals surface area contributed by atoms with Gasteiger partial charge in [-0.1, -0.05) is 30.9 Å². The van der Waals surface area contributed by atoms with Crippen molar-refractivity contribution in [3.8, 4) is 11.5 Å². The van der Waals surface area contributed by atoms with Crippen LogP contribution >= 0.6 is 0 Å². The van der Waals surface area contributed by atoms with Crippen molar-refractivity contribution < 1.29 is 29.3 Å². The minimum Gasteiger partial charge on any atom is -0.497 e. The number of carboxylic acids is 2. The summed E-state index contributed by atoms with van der Waals surface area (Å²) in [4.78, 5) is 25.4. The fourth-order valence-corrected chi connectivity index (χ4v) is 5.23. The van der Waals surface area contributed by atoms with Crippen LogP contribution in [0.15, 0.2) is 41.0 Å². The zero-order chi connectivity index (χ0) is 22.1. The quantitative estimate of drug-likeness (QED) is 0.695. The molecule has 0 saturated heterocycles. The third-order valence-electron chi connectivity index (χ3n) is 6.81. The molecule has 1 aromatic carbocycles. The van der Waals surface area contributed by atoms with Gasteiger partial charge in [0.2, 0.25) is 0 Å². The van der Waals surface area contributed by atoms with E-state index in [1.54, 1.807) is 32.0 Å². The number of carbonyl (C=O) groups is 2. The van der Waals surface area contributed by atoms with Gasteiger partial charge in [0.1, 0.15) is 16.9 Å². The topological polar surface area (TPSA) is 93.1 Å². The minimum absolute atomic E-state index is 0.137. The van der Waals surface area contributed by atoms with Gasteiger partial charge in [-0.2, -0.15) is 0 Å². The Labute approximate surface area is 177 Å². The second-order valence-electron chi connectivity index (χ2n) is 8.32. The summed E-state index contributed by atoms with van der Waals surface area (Å²) in [7, 11) is 3.04. The van der Waals surface area contributed by atoms with Gasteiger partial charge in [-0.05, 0) is 55.9 Å². The molecule has 0 amide bonds. The first-order valence-electron chi connectivity index (χ1n) is 10.4. The van der Waals surface area contributed by atoms with E-state index in [-0.39, 0.29) is 11.5 Å². The molecule has 0 aliphatic heterocycles. The van der Waals surface area contributed by atoms with Gasteiger partial charge < -0.3 is 19.7 Å². The number of hydrogen-bond donors (Lipinski definition) is 2. The molecule has 0 aromatic heterocycles. The Kier molecular flexibility index (Phi) is 6.25. The number of methoxy groups -OCH3 is 2. The number of ether oxygens (including phenoxy) is 2. The summed E-state index contributed by atoms with van der Waals surface area (Å²) in [5, 5.41) is 20.8. The SMILES string of the molecule is COc1cc(OC)cc(C2C(C(=O)O)=C(C)C(C)=CC2(C(=O)O)C2CCCCC2)c1. The molecule has 2 aliphatic rings. The van der Waals surface area contributed by atoms with E-state index in [0.717, 1.165) is 32.1 Å². The van der Waals surface area contributed by atoms with E-state index in [1.807, 2.05) is 6.08 Å². The molecule has 1 fully saturated rings. The second kappa shape index (κ2) is 8.54. The van der Waals surface area contributed by atoms with Gasteiger partial charge in [-0.3, -0.25) is 4.79 Å². The van der Waals surface area contributed by atoms with Crippen LogP contribution in [0.5, 0.6) is 11.5 Å². The number of allylic oxidation sites excluding steroid dienone is 2. The number of carboxylic acid groups (broad SMARTS) is 2. The first-order chi connectivity index (χ1) is 14.3. The van der Waals surface area contributed by atoms with Crippen LogP contribution in [0.25, 0.3) is 0 Å². The summed E-state index contributed by atoms with van der Waals surface area (Å²) < 4.78 is 10.8. The minimum atomic E-state index is -1.34. The third kappa shape index (κ3) is 3.59. The molecular weight excluding hydrogens is 384 g/mol. The normalized spacial score (nSPS) is 24.9. The van der Waals surface area contributed by atoms with Crippen molar-refractivity contribution in [2.75, 3.05) is 14.2 Å². The Bertz CT molecular complexity index is 884. The van der Waals surface area contributed by atoms with E-state index < -0.39 is 23.3 Å². The third-order valence-corrected chi connectivity index (χ3v) is 6.81. The molecular formula is C24H30O6. The lowest BCUT2D eigenvalue weighted by molar-refractivity contribution is -0.151. The van der Waals surface area contributed by atoms with Crippen molar-refractivity contribution in [1.29, 1.82) is 0 Å². The molecule has 0 radical (unpaired) electrons. The van der Waals surface area contributed by atoms with Crippen LogP contribution in [0.2, 0.25) is 0 Å². The molecule has 0 bridgehead atoms. The zero-order valence-corrected chi connectivity index (χ0v) is 18.0. The van der Waals surface area contributed by atoms with Gasteiger partial charge in [0.05, 0.1) is 14.2 Å². The number of hydrogen-bond acceptors (Lipinski definition) is 4. The summed E-state index contributed by atoms with van der Waals surface area (Å²) in [5.74, 6) is -2.06. The van der Waals surface area contributed by atoms with Crippen molar-refractivity contribution in [3.63, 3.8) is 0 Å². The molecule has 2 atom stereocenters. The first kappa shape index (κ1) is 21.9. The van der Waals surface area contributed by atoms with Crippen molar-refractivity contribution in [2.24, 2.45) is 11.3 Å². The Morgan fingerprint density at radius 1 is 0.967 bits per heavy atom. The van der Waals surface area contributed by atoms with E-state index in [2.05, 4.69) is 0 Å². The van der Waals surface area contributed by atoms with Gasteiger partial charge in [-0.25, -0.2) is 4.79 Å². The van der Waals surface area contributed by atoms with Crippen LogP contribution in [0.4, 0.5) is 0 Å². The zero-order valence-electron chi connectivity index (χ0n) is 18.0. The Morgan fingerprint density at radius 2 is 1.53 bits per heavy atom. The highest BCUT2D eigenvalue weighted by Gasteiger charge is 2.55. The van der Waals surface area contributed by atoms with Gasteiger partial charge in [-0.15, -0.1) is 0 Å². The fraction of sp³-hybridized carbons (Fsp3) is 0.500. The molecule has 1 aromatic rings. The molecule has 6 heteroatoms. The largest absolute Gasteiger partial charge is 0.497 e. The molecule has 30 heavy (non-hydrogen) atoms. The molecule has 6 nitrogen and oxygen atoms in total. The highest BCUT2D eigenvalue weighted by atomic mass is 16.5. The van der Waals surface area contributed by atoms with Crippen LogP contribution in [0.3, 0.4) is 0 Å². The molecule has 2 N–H and O–H groups in total. The number of benzene rings is 1. The lowest BCUT2D eigenvalue weighted by Gasteiger charge is -2.46. The molecule has 2 unspecified atom stereocenters. The lowest BCUT2D eigenvalue weighted by atomic mass is 9.55. The van der Waals surface area contributed by atoms with Crippen molar-refractivity contribution in [2.45, 2.75) is 51.9 Å². The van der Waals surface area contributed by atoms with Crippen LogP contribution in [-0.4, -0.2) is 36.4 Å². The standard InChI is InChI=1S/C24H30O6/c1-14-13-24(23(27)28,17-8-6-5-7-9-17)21(20(15(14)2)22(25)26)16-10-18(29-3)12-19(11-16)30-4/h10-13,17,21H,5-9H2,1-4H3,(H,25,26)(H,27,28). The Hall–Kier alpha value is -2.76. The molecule has 1 saturated carbocycles. The summed E-state index contributed by atoms with van der Waals surface area (Å²) in [6.07, 6.45) is 6.31. The van der Waals surface area contributed by atoms with Crippen LogP contribution in [0.1, 0.15) is 57.4 Å². The molecule has 0 heterocycles. The highest BCUT2D eigenvalue weighted by molar-refractivity contribution is 5.95. The van der Waals surface area contributed by atoms with Crippen LogP contribution in [0, 0.1) is 11.3 Å². The van der Waals surface area contributed by atoms with Crippen LogP contribution in [-0.2, 0) is 9.59 Å². The monoisotopic (exact) mass is 414 g/mol. The average Bonchev–Trinajstić information content (AvgIpc) is 2.74. The van der Waals surface area contributed by atoms with E-state index >= 15 is 0 Å². The van der Waals surface area contributed by atoms with Gasteiger partial charge in [0.25, 0.3) is 0 Å². The predicted molar refractivity (Wildman–Crippen MR) is 113 cm³/mol. The Morgan fingerprint density at radius 3 is 2.00 bits per heavy atom. The first-order valence-corrected chi connectivity index (χ1v) is 10.4. The predicted octanol–water partition coefficient (Wildman–Crippen LogP) is 4.80. The van der Waals surface area contributed by atoms with E-state index in [0.29, 0.717) is 28.2 Å². The summed E-state index contributed by atoms with van der Waals surface area (Å²) in [6.45, 7) is 3.56. The molecule has 2 aliphatic carbocycles.